The van der Waals surface area contributed by atoms with Gasteiger partial charge >= 0.3 is 6.18 Å². The van der Waals surface area contributed by atoms with Crippen molar-refractivity contribution in [1.82, 2.24) is 9.97 Å². The molecular formula is C26H30F3N3O3. The molecule has 0 spiro atoms. The van der Waals surface area contributed by atoms with Gasteiger partial charge in [0.2, 0.25) is 0 Å². The number of fused-ring (bicyclic) bond motifs is 1. The molecule has 2 atom stereocenters. The Labute approximate surface area is 202 Å². The number of aryl methyl sites for hydroxylation is 1. The van der Waals surface area contributed by atoms with Gasteiger partial charge in [-0.2, -0.15) is 13.2 Å². The van der Waals surface area contributed by atoms with Crippen LogP contribution in [0.1, 0.15) is 56.6 Å². The topological polar surface area (TPSA) is 65.5 Å². The molecule has 0 amide bonds. The summed E-state index contributed by atoms with van der Waals surface area (Å²) >= 11 is 0. The van der Waals surface area contributed by atoms with Crippen LogP contribution in [-0.4, -0.2) is 35.4 Å². The molecule has 1 aliphatic heterocycles. The lowest BCUT2D eigenvalue weighted by Gasteiger charge is -2.32. The molecule has 1 unspecified atom stereocenters. The molecule has 0 saturated carbocycles. The van der Waals surface area contributed by atoms with Crippen molar-refractivity contribution in [3.63, 3.8) is 0 Å². The van der Waals surface area contributed by atoms with Crippen LogP contribution >= 0.6 is 0 Å². The van der Waals surface area contributed by atoms with E-state index in [-0.39, 0.29) is 6.10 Å². The van der Waals surface area contributed by atoms with Crippen LogP contribution in [0.5, 0.6) is 11.5 Å². The normalized spacial score (nSPS) is 17.4. The molecule has 1 aliphatic rings. The molecule has 1 saturated heterocycles. The predicted octanol–water partition coefficient (Wildman–Crippen LogP) is 6.48. The molecule has 9 heteroatoms. The monoisotopic (exact) mass is 489 g/mol. The Morgan fingerprint density at radius 1 is 1.11 bits per heavy atom. The smallest absolute Gasteiger partial charge is 0.416 e. The number of hydrogen-bond donors (Lipinski definition) is 1. The number of nitrogens with one attached hydrogen (secondary N) is 1. The molecule has 4 rings (SSSR count). The zero-order valence-electron chi connectivity index (χ0n) is 20.5. The summed E-state index contributed by atoms with van der Waals surface area (Å²) in [4.78, 5) is 9.07. The largest absolute Gasteiger partial charge is 0.493 e. The number of ether oxygens (including phenoxy) is 3. The predicted molar refractivity (Wildman–Crippen MR) is 128 cm³/mol. The average Bonchev–Trinajstić information content (AvgIpc) is 3.34. The van der Waals surface area contributed by atoms with Crippen molar-refractivity contribution >= 4 is 16.7 Å². The quantitative estimate of drug-likeness (QED) is 0.410. The first-order valence-electron chi connectivity index (χ1n) is 11.6. The first-order valence-corrected chi connectivity index (χ1v) is 11.6. The maximum atomic E-state index is 13.2. The van der Waals surface area contributed by atoms with Gasteiger partial charge in [-0.3, -0.25) is 0 Å². The number of nitrogens with zero attached hydrogens (tertiary/aromatic N) is 2. The third kappa shape index (κ3) is 5.45. The van der Waals surface area contributed by atoms with Crippen molar-refractivity contribution in [3.05, 3.63) is 53.3 Å². The van der Waals surface area contributed by atoms with Crippen molar-refractivity contribution in [2.45, 2.75) is 64.5 Å². The van der Waals surface area contributed by atoms with E-state index in [1.807, 2.05) is 19.9 Å². The summed E-state index contributed by atoms with van der Waals surface area (Å²) in [7, 11) is 1.57. The molecule has 1 fully saturated rings. The molecular weight excluding hydrogens is 459 g/mol. The van der Waals surface area contributed by atoms with Crippen molar-refractivity contribution < 1.29 is 27.4 Å². The van der Waals surface area contributed by atoms with E-state index in [2.05, 4.69) is 15.3 Å². The minimum Gasteiger partial charge on any atom is -0.493 e. The van der Waals surface area contributed by atoms with E-state index in [4.69, 9.17) is 14.2 Å². The van der Waals surface area contributed by atoms with Gasteiger partial charge in [0, 0.05) is 24.1 Å². The van der Waals surface area contributed by atoms with Gasteiger partial charge in [0.05, 0.1) is 24.3 Å². The summed E-state index contributed by atoms with van der Waals surface area (Å²) in [6, 6.07) is 8.43. The number of alkyl halides is 3. The highest BCUT2D eigenvalue weighted by atomic mass is 19.4. The first kappa shape index (κ1) is 25.0. The lowest BCUT2D eigenvalue weighted by Crippen LogP contribution is -2.41. The van der Waals surface area contributed by atoms with Gasteiger partial charge in [0.1, 0.15) is 17.2 Å². The van der Waals surface area contributed by atoms with E-state index >= 15 is 0 Å². The Balaban J connectivity index is 1.70. The van der Waals surface area contributed by atoms with E-state index in [9.17, 15) is 13.2 Å². The lowest BCUT2D eigenvalue weighted by atomic mass is 9.98. The van der Waals surface area contributed by atoms with Crippen LogP contribution in [0.25, 0.3) is 10.9 Å². The summed E-state index contributed by atoms with van der Waals surface area (Å²) in [5.74, 6) is 2.06. The summed E-state index contributed by atoms with van der Waals surface area (Å²) in [5, 5.41) is 3.94. The summed E-state index contributed by atoms with van der Waals surface area (Å²) in [6.45, 7) is 8.22. The second kappa shape index (κ2) is 9.53. The second-order valence-corrected chi connectivity index (χ2v) is 9.34. The van der Waals surface area contributed by atoms with Crippen LogP contribution < -0.4 is 14.8 Å². The Hall–Kier alpha value is -3.07. The summed E-state index contributed by atoms with van der Waals surface area (Å²) in [5.41, 5.74) is -0.157. The minimum absolute atomic E-state index is 0.0457. The van der Waals surface area contributed by atoms with Gasteiger partial charge in [0.25, 0.3) is 0 Å². The lowest BCUT2D eigenvalue weighted by molar-refractivity contribution is -0.137. The highest BCUT2D eigenvalue weighted by Crippen LogP contribution is 2.39. The Morgan fingerprint density at radius 3 is 2.54 bits per heavy atom. The maximum absolute atomic E-state index is 13.2. The number of benzene rings is 2. The number of aromatic nitrogens is 2. The Kier molecular flexibility index (Phi) is 6.81. The fourth-order valence-corrected chi connectivity index (χ4v) is 4.35. The molecule has 0 radical (unpaired) electrons. The second-order valence-electron chi connectivity index (χ2n) is 9.34. The Bertz CT molecular complexity index is 1210. The molecule has 0 bridgehead atoms. The fourth-order valence-electron chi connectivity index (χ4n) is 4.35. The molecule has 2 heterocycles. The minimum atomic E-state index is -4.41. The number of methoxy groups -OCH3 is 1. The van der Waals surface area contributed by atoms with Crippen molar-refractivity contribution in [2.75, 3.05) is 19.0 Å². The van der Waals surface area contributed by atoms with Gasteiger partial charge in [-0.1, -0.05) is 12.1 Å². The van der Waals surface area contributed by atoms with Crippen LogP contribution in [0.2, 0.25) is 0 Å². The summed E-state index contributed by atoms with van der Waals surface area (Å²) in [6.07, 6.45) is -2.56. The number of hydrogen-bond acceptors (Lipinski definition) is 6. The highest BCUT2D eigenvalue weighted by Gasteiger charge is 2.36. The van der Waals surface area contributed by atoms with Gasteiger partial charge in [-0.25, -0.2) is 9.97 Å². The molecule has 35 heavy (non-hydrogen) atoms. The van der Waals surface area contributed by atoms with Gasteiger partial charge < -0.3 is 19.5 Å². The first-order chi connectivity index (χ1) is 16.5. The van der Waals surface area contributed by atoms with E-state index in [0.717, 1.165) is 25.0 Å². The average molecular weight is 490 g/mol. The van der Waals surface area contributed by atoms with E-state index in [1.54, 1.807) is 33.1 Å². The van der Waals surface area contributed by atoms with Crippen molar-refractivity contribution in [1.29, 1.82) is 0 Å². The van der Waals surface area contributed by atoms with Gasteiger partial charge in [-0.05, 0) is 64.3 Å². The van der Waals surface area contributed by atoms with Crippen LogP contribution in [0, 0.1) is 6.92 Å². The van der Waals surface area contributed by atoms with Crippen molar-refractivity contribution in [2.24, 2.45) is 0 Å². The van der Waals surface area contributed by atoms with Crippen molar-refractivity contribution in [3.8, 4) is 11.5 Å². The molecule has 188 valence electrons. The van der Waals surface area contributed by atoms with Gasteiger partial charge in [0.15, 0.2) is 11.5 Å². The number of anilines is 1. The zero-order chi connectivity index (χ0) is 25.4. The van der Waals surface area contributed by atoms with Crippen LogP contribution in [0.3, 0.4) is 0 Å². The number of rotatable bonds is 7. The van der Waals surface area contributed by atoms with Crippen LogP contribution in [0.4, 0.5) is 19.0 Å². The van der Waals surface area contributed by atoms with E-state index in [1.165, 1.54) is 6.07 Å². The third-order valence-electron chi connectivity index (χ3n) is 6.24. The standard InChI is InChI=1S/C26H30F3N3O3/c1-15(17-8-6-9-18(12-17)26(27,28)29)30-24-19-13-22(35-25(3,4)23-10-7-11-34-23)21(33-5)14-20(19)31-16(2)32-24/h6,8-9,12-15,23H,7,10-11H2,1-5H3,(H,30,31,32)/t15-,23?/m1/s1. The molecule has 3 aromatic rings. The highest BCUT2D eigenvalue weighted by molar-refractivity contribution is 5.92. The van der Waals surface area contributed by atoms with E-state index < -0.39 is 23.4 Å². The third-order valence-corrected chi connectivity index (χ3v) is 6.24. The zero-order valence-corrected chi connectivity index (χ0v) is 20.5. The molecule has 1 aromatic heterocycles. The maximum Gasteiger partial charge on any atom is 0.416 e. The van der Waals surface area contributed by atoms with Crippen LogP contribution in [0.15, 0.2) is 36.4 Å². The number of halogens is 3. The molecule has 6 nitrogen and oxygen atoms in total. The van der Waals surface area contributed by atoms with E-state index in [0.29, 0.717) is 46.2 Å². The van der Waals surface area contributed by atoms with Gasteiger partial charge in [-0.15, -0.1) is 0 Å². The Morgan fingerprint density at radius 2 is 1.89 bits per heavy atom. The molecule has 2 aromatic carbocycles. The fraction of sp³-hybridized carbons (Fsp3) is 0.462. The SMILES string of the molecule is COc1cc2nc(C)nc(N[C@H](C)c3cccc(C(F)(F)F)c3)c2cc1OC(C)(C)C1CCCO1. The molecule has 0 aliphatic carbocycles. The summed E-state index contributed by atoms with van der Waals surface area (Å²) < 4.78 is 57.4. The molecule has 1 N–H and O–H groups in total. The van der Waals surface area contributed by atoms with Crippen LogP contribution in [-0.2, 0) is 10.9 Å².